The first-order valence-corrected chi connectivity index (χ1v) is 10.8. The smallest absolute Gasteiger partial charge is 0.343 e. The van der Waals surface area contributed by atoms with Crippen LogP contribution < -0.4 is 11.3 Å². The highest BCUT2D eigenvalue weighted by Gasteiger charge is 2.45. The first kappa shape index (κ1) is 18.7. The van der Waals surface area contributed by atoms with E-state index in [0.717, 1.165) is 41.3 Å². The summed E-state index contributed by atoms with van der Waals surface area (Å²) >= 11 is 0. The summed E-state index contributed by atoms with van der Waals surface area (Å²) in [5, 5.41) is 12.2. The van der Waals surface area contributed by atoms with E-state index in [2.05, 4.69) is 6.07 Å². The van der Waals surface area contributed by atoms with E-state index in [1.54, 1.807) is 17.6 Å². The molecule has 7 nitrogen and oxygen atoms in total. The first-order valence-electron chi connectivity index (χ1n) is 10.8. The van der Waals surface area contributed by atoms with Gasteiger partial charge in [0.2, 0.25) is 0 Å². The summed E-state index contributed by atoms with van der Waals surface area (Å²) < 4.78 is 6.84. The van der Waals surface area contributed by atoms with Crippen LogP contribution in [0.1, 0.15) is 60.0 Å². The maximum atomic E-state index is 13.4. The second-order valence-electron chi connectivity index (χ2n) is 8.77. The summed E-state index contributed by atoms with van der Waals surface area (Å²) in [5.74, 6) is -0.713. The third-order valence-corrected chi connectivity index (χ3v) is 7.18. The van der Waals surface area contributed by atoms with Crippen LogP contribution in [0.3, 0.4) is 0 Å². The maximum Gasteiger partial charge on any atom is 0.343 e. The number of esters is 1. The number of fused-ring (bicyclic) bond motifs is 5. The van der Waals surface area contributed by atoms with Crippen molar-refractivity contribution >= 4 is 16.9 Å². The number of carbonyl (C=O) groups is 1. The molecular weight excluding hydrogens is 394 g/mol. The summed E-state index contributed by atoms with van der Waals surface area (Å²) in [7, 11) is 0. The van der Waals surface area contributed by atoms with Crippen LogP contribution >= 0.6 is 0 Å². The van der Waals surface area contributed by atoms with Gasteiger partial charge in [-0.1, -0.05) is 19.1 Å². The fourth-order valence-corrected chi connectivity index (χ4v) is 5.51. The van der Waals surface area contributed by atoms with Crippen molar-refractivity contribution < 1.29 is 14.6 Å². The van der Waals surface area contributed by atoms with Gasteiger partial charge in [-0.25, -0.2) is 9.78 Å². The molecule has 3 aliphatic rings. The second kappa shape index (κ2) is 6.24. The fourth-order valence-electron chi connectivity index (χ4n) is 5.51. The van der Waals surface area contributed by atoms with Gasteiger partial charge in [0.25, 0.3) is 5.56 Å². The Morgan fingerprint density at radius 3 is 2.97 bits per heavy atom. The van der Waals surface area contributed by atoms with Gasteiger partial charge >= 0.3 is 5.97 Å². The van der Waals surface area contributed by atoms with Gasteiger partial charge in [0.1, 0.15) is 6.61 Å². The van der Waals surface area contributed by atoms with Crippen LogP contribution in [0.5, 0.6) is 0 Å². The lowest BCUT2D eigenvalue weighted by Crippen LogP contribution is -2.44. The number of pyridine rings is 2. The van der Waals surface area contributed by atoms with E-state index in [4.69, 9.17) is 15.5 Å². The zero-order chi connectivity index (χ0) is 21.5. The molecular formula is C24H23N3O4. The molecule has 31 heavy (non-hydrogen) atoms. The molecule has 6 rings (SSSR count). The zero-order valence-electron chi connectivity index (χ0n) is 17.3. The van der Waals surface area contributed by atoms with Crippen LogP contribution in [-0.2, 0) is 34.7 Å². The maximum absolute atomic E-state index is 13.4. The van der Waals surface area contributed by atoms with Crippen molar-refractivity contribution in [3.05, 3.63) is 62.4 Å². The summed E-state index contributed by atoms with van der Waals surface area (Å²) in [5.41, 5.74) is 10.7. The van der Waals surface area contributed by atoms with Crippen molar-refractivity contribution in [2.24, 2.45) is 5.73 Å². The number of cyclic esters (lactones) is 1. The van der Waals surface area contributed by atoms with Crippen LogP contribution in [0.25, 0.3) is 22.3 Å². The Labute approximate surface area is 178 Å². The minimum atomic E-state index is -1.82. The molecule has 2 atom stereocenters. The molecule has 0 saturated heterocycles. The van der Waals surface area contributed by atoms with Crippen molar-refractivity contribution in [2.45, 2.75) is 57.4 Å². The Morgan fingerprint density at radius 2 is 2.16 bits per heavy atom. The fraction of sp³-hybridized carbons (Fsp3) is 0.375. The van der Waals surface area contributed by atoms with Gasteiger partial charge in [0.05, 0.1) is 29.0 Å². The second-order valence-corrected chi connectivity index (χ2v) is 8.77. The molecule has 0 saturated carbocycles. The zero-order valence-corrected chi connectivity index (χ0v) is 17.3. The van der Waals surface area contributed by atoms with E-state index in [-0.39, 0.29) is 24.6 Å². The van der Waals surface area contributed by atoms with Gasteiger partial charge in [-0.15, -0.1) is 0 Å². The lowest BCUT2D eigenvalue weighted by molar-refractivity contribution is -0.172. The number of nitrogens with two attached hydrogens (primary N) is 1. The minimum absolute atomic E-state index is 0.124. The van der Waals surface area contributed by atoms with Crippen molar-refractivity contribution in [1.29, 1.82) is 0 Å². The molecule has 0 fully saturated rings. The van der Waals surface area contributed by atoms with Crippen LogP contribution in [0.2, 0.25) is 0 Å². The number of hydrogen-bond donors (Lipinski definition) is 2. The highest BCUT2D eigenvalue weighted by atomic mass is 16.6. The molecule has 158 valence electrons. The Hall–Kier alpha value is -3.03. The Balaban J connectivity index is 1.68. The van der Waals surface area contributed by atoms with Crippen LogP contribution in [0.15, 0.2) is 29.1 Å². The van der Waals surface area contributed by atoms with E-state index >= 15 is 0 Å². The molecule has 3 N–H and O–H groups in total. The van der Waals surface area contributed by atoms with Gasteiger partial charge in [-0.2, -0.15) is 0 Å². The van der Waals surface area contributed by atoms with E-state index in [0.29, 0.717) is 29.1 Å². The monoisotopic (exact) mass is 417 g/mol. The minimum Gasteiger partial charge on any atom is -0.458 e. The average molecular weight is 417 g/mol. The van der Waals surface area contributed by atoms with Crippen LogP contribution in [0, 0.1) is 0 Å². The number of ether oxygens (including phenoxy) is 1. The number of rotatable bonds is 1. The van der Waals surface area contributed by atoms with Gasteiger partial charge in [-0.05, 0) is 48.9 Å². The van der Waals surface area contributed by atoms with Gasteiger partial charge in [-0.3, -0.25) is 4.79 Å². The Bertz CT molecular complexity index is 1360. The number of aliphatic hydroxyl groups is 1. The summed E-state index contributed by atoms with van der Waals surface area (Å²) in [4.78, 5) is 30.7. The molecule has 2 aromatic heterocycles. The lowest BCUT2D eigenvalue weighted by atomic mass is 9.86. The molecule has 1 aliphatic carbocycles. The van der Waals surface area contributed by atoms with E-state index in [1.165, 1.54) is 5.56 Å². The normalized spacial score (nSPS) is 23.7. The van der Waals surface area contributed by atoms with Gasteiger partial charge in [0.15, 0.2) is 5.60 Å². The summed E-state index contributed by atoms with van der Waals surface area (Å²) in [6.07, 6.45) is 2.97. The Morgan fingerprint density at radius 1 is 1.32 bits per heavy atom. The molecule has 1 aromatic carbocycles. The molecule has 7 heteroatoms. The molecule has 0 spiro atoms. The number of aryl methyl sites for hydroxylation is 1. The van der Waals surface area contributed by atoms with Crippen LogP contribution in [0.4, 0.5) is 0 Å². The largest absolute Gasteiger partial charge is 0.458 e. The Kier molecular flexibility index (Phi) is 3.77. The topological polar surface area (TPSA) is 107 Å². The van der Waals surface area contributed by atoms with Crippen molar-refractivity contribution in [1.82, 2.24) is 9.55 Å². The summed E-state index contributed by atoms with van der Waals surface area (Å²) in [6.45, 7) is 1.96. The standard InChI is InChI=1S/C24H23N3O4/c1-2-24(30)15-9-18-21-13(10-27(18)22(28)14(15)11-31-23(24)29)20-16(25)7-3-5-12-6-4-8-17(26-21)19(12)20/h4,6,8-9,16,30H,2-3,5,7,10-11,25H2,1H3/t16-,24-/m0/s1. The predicted molar refractivity (Wildman–Crippen MR) is 114 cm³/mol. The SMILES string of the molecule is CC[C@@]1(O)C(=O)OCc2c1cc1n(c2=O)Cc2c-1nc1cccc3c1c2[C@@H](N)CCC3. The van der Waals surface area contributed by atoms with Crippen LogP contribution in [-0.4, -0.2) is 20.6 Å². The molecule has 2 aliphatic heterocycles. The highest BCUT2D eigenvalue weighted by Crippen LogP contribution is 2.43. The number of nitrogens with zero attached hydrogens (tertiary/aromatic N) is 2. The molecule has 0 amide bonds. The summed E-state index contributed by atoms with van der Waals surface area (Å²) in [6, 6.07) is 7.76. The van der Waals surface area contributed by atoms with Crippen molar-refractivity contribution in [3.63, 3.8) is 0 Å². The predicted octanol–water partition coefficient (Wildman–Crippen LogP) is 2.42. The quantitative estimate of drug-likeness (QED) is 0.461. The highest BCUT2D eigenvalue weighted by molar-refractivity contribution is 5.92. The number of hydrogen-bond acceptors (Lipinski definition) is 6. The number of aromatic nitrogens is 2. The van der Waals surface area contributed by atoms with E-state index in [1.807, 2.05) is 12.1 Å². The third-order valence-electron chi connectivity index (χ3n) is 7.18. The third kappa shape index (κ3) is 2.33. The van der Waals surface area contributed by atoms with Crippen molar-refractivity contribution in [2.75, 3.05) is 0 Å². The molecule has 3 aromatic rings. The lowest BCUT2D eigenvalue weighted by Gasteiger charge is -2.31. The van der Waals surface area contributed by atoms with E-state index in [9.17, 15) is 14.7 Å². The van der Waals surface area contributed by atoms with Crippen molar-refractivity contribution in [3.8, 4) is 11.4 Å². The first-order chi connectivity index (χ1) is 14.9. The molecule has 4 heterocycles. The van der Waals surface area contributed by atoms with E-state index < -0.39 is 11.6 Å². The molecule has 0 radical (unpaired) electrons. The molecule has 0 unspecified atom stereocenters. The average Bonchev–Trinajstić information content (AvgIpc) is 3.04. The van der Waals surface area contributed by atoms with Gasteiger partial charge < -0.3 is 20.1 Å². The number of benzene rings is 1. The van der Waals surface area contributed by atoms with Gasteiger partial charge in [0, 0.05) is 22.6 Å². The number of carbonyl (C=O) groups excluding carboxylic acids is 1. The molecule has 0 bridgehead atoms.